The lowest BCUT2D eigenvalue weighted by Gasteiger charge is -2.28. The molecule has 0 aliphatic carbocycles. The van der Waals surface area contributed by atoms with Gasteiger partial charge in [-0.3, -0.25) is 4.90 Å². The Kier molecular flexibility index (Phi) is 5.57. The molecule has 0 bridgehead atoms. The van der Waals surface area contributed by atoms with Crippen molar-refractivity contribution in [3.8, 4) is 5.75 Å². The molecule has 1 fully saturated rings. The van der Waals surface area contributed by atoms with E-state index in [1.807, 2.05) is 0 Å². The molecule has 0 spiro atoms. The lowest BCUT2D eigenvalue weighted by molar-refractivity contribution is 0.00433. The highest BCUT2D eigenvalue weighted by Gasteiger charge is 2.15. The summed E-state index contributed by atoms with van der Waals surface area (Å²) < 4.78 is 24.7. The highest BCUT2D eigenvalue weighted by molar-refractivity contribution is 9.10. The van der Waals surface area contributed by atoms with Crippen LogP contribution in [0.2, 0.25) is 0 Å². The summed E-state index contributed by atoms with van der Waals surface area (Å²) in [6, 6.07) is 4.58. The molecule has 0 saturated carbocycles. The topological polar surface area (TPSA) is 41.9 Å². The Morgan fingerprint density at radius 2 is 2.16 bits per heavy atom. The summed E-state index contributed by atoms with van der Waals surface area (Å²) in [6.45, 7) is 3.59. The zero-order valence-electron chi connectivity index (χ0n) is 10.5. The molecule has 1 heterocycles. The van der Waals surface area contributed by atoms with E-state index < -0.39 is 11.9 Å². The molecule has 6 heteroatoms. The number of aliphatic hydroxyl groups is 1. The molecule has 0 radical (unpaired) electrons. The fourth-order valence-corrected chi connectivity index (χ4v) is 2.25. The van der Waals surface area contributed by atoms with Gasteiger partial charge in [0.05, 0.1) is 13.2 Å². The maximum atomic E-state index is 13.5. The molecule has 2 rings (SSSR count). The molecule has 1 atom stereocenters. The number of morpholine rings is 1. The van der Waals surface area contributed by atoms with Crippen LogP contribution in [-0.4, -0.2) is 55.6 Å². The van der Waals surface area contributed by atoms with Crippen LogP contribution in [-0.2, 0) is 4.74 Å². The fraction of sp³-hybridized carbons (Fsp3) is 0.538. The van der Waals surface area contributed by atoms with E-state index in [2.05, 4.69) is 20.8 Å². The van der Waals surface area contributed by atoms with Crippen molar-refractivity contribution in [1.29, 1.82) is 0 Å². The van der Waals surface area contributed by atoms with E-state index in [1.165, 1.54) is 6.07 Å². The van der Waals surface area contributed by atoms with Crippen LogP contribution in [0, 0.1) is 5.82 Å². The molecular formula is C13H17BrFNO3. The van der Waals surface area contributed by atoms with E-state index in [0.29, 0.717) is 24.2 Å². The van der Waals surface area contributed by atoms with Crippen LogP contribution >= 0.6 is 15.9 Å². The SMILES string of the molecule is OC(COc1ccc(Br)cc1F)CN1CCOCC1. The number of aliphatic hydroxyl groups excluding tert-OH is 1. The maximum Gasteiger partial charge on any atom is 0.166 e. The maximum absolute atomic E-state index is 13.5. The van der Waals surface area contributed by atoms with Crippen LogP contribution in [0.1, 0.15) is 0 Å². The number of β-amino-alcohol motifs (C(OH)–C–C–N with tert-alkyl or cyclic N) is 1. The summed E-state index contributed by atoms with van der Waals surface area (Å²) in [5, 5.41) is 9.87. The number of halogens is 2. The second kappa shape index (κ2) is 7.19. The second-order valence-electron chi connectivity index (χ2n) is 4.45. The number of hydrogen-bond acceptors (Lipinski definition) is 4. The first-order valence-corrected chi connectivity index (χ1v) is 7.00. The summed E-state index contributed by atoms with van der Waals surface area (Å²) in [7, 11) is 0. The largest absolute Gasteiger partial charge is 0.488 e. The molecule has 19 heavy (non-hydrogen) atoms. The Bertz CT molecular complexity index is 413. The second-order valence-corrected chi connectivity index (χ2v) is 5.37. The summed E-state index contributed by atoms with van der Waals surface area (Å²) in [5.74, 6) is -0.280. The third-order valence-corrected chi connectivity index (χ3v) is 3.39. The van der Waals surface area contributed by atoms with E-state index in [4.69, 9.17) is 9.47 Å². The van der Waals surface area contributed by atoms with Gasteiger partial charge in [0, 0.05) is 24.1 Å². The lowest BCUT2D eigenvalue weighted by atomic mass is 10.3. The first-order valence-electron chi connectivity index (χ1n) is 6.21. The van der Waals surface area contributed by atoms with Gasteiger partial charge in [-0.05, 0) is 18.2 Å². The van der Waals surface area contributed by atoms with Gasteiger partial charge in [-0.1, -0.05) is 15.9 Å². The van der Waals surface area contributed by atoms with Crippen molar-refractivity contribution in [3.63, 3.8) is 0 Å². The smallest absolute Gasteiger partial charge is 0.166 e. The minimum Gasteiger partial charge on any atom is -0.488 e. The quantitative estimate of drug-likeness (QED) is 0.889. The van der Waals surface area contributed by atoms with Crippen molar-refractivity contribution in [3.05, 3.63) is 28.5 Å². The first-order chi connectivity index (χ1) is 9.15. The van der Waals surface area contributed by atoms with Gasteiger partial charge < -0.3 is 14.6 Å². The average molecular weight is 334 g/mol. The summed E-state index contributed by atoms with van der Waals surface area (Å²) in [4.78, 5) is 2.11. The van der Waals surface area contributed by atoms with Crippen LogP contribution in [0.4, 0.5) is 4.39 Å². The van der Waals surface area contributed by atoms with Gasteiger partial charge in [0.1, 0.15) is 12.7 Å². The van der Waals surface area contributed by atoms with Crippen LogP contribution in [0.15, 0.2) is 22.7 Å². The van der Waals surface area contributed by atoms with Crippen molar-refractivity contribution in [1.82, 2.24) is 4.90 Å². The molecule has 106 valence electrons. The average Bonchev–Trinajstić information content (AvgIpc) is 2.39. The predicted molar refractivity (Wildman–Crippen MR) is 72.9 cm³/mol. The molecule has 1 aromatic carbocycles. The van der Waals surface area contributed by atoms with Crippen molar-refractivity contribution < 1.29 is 19.0 Å². The molecular weight excluding hydrogens is 317 g/mol. The molecule has 1 aliphatic heterocycles. The van der Waals surface area contributed by atoms with Gasteiger partial charge in [0.2, 0.25) is 0 Å². The zero-order chi connectivity index (χ0) is 13.7. The number of hydrogen-bond donors (Lipinski definition) is 1. The highest BCUT2D eigenvalue weighted by atomic mass is 79.9. The number of ether oxygens (including phenoxy) is 2. The Morgan fingerprint density at radius 1 is 1.42 bits per heavy atom. The van der Waals surface area contributed by atoms with E-state index >= 15 is 0 Å². The van der Waals surface area contributed by atoms with E-state index in [1.54, 1.807) is 12.1 Å². The third kappa shape index (κ3) is 4.72. The monoisotopic (exact) mass is 333 g/mol. The minimum atomic E-state index is -0.638. The van der Waals surface area contributed by atoms with Crippen molar-refractivity contribution in [2.75, 3.05) is 39.5 Å². The minimum absolute atomic E-state index is 0.0793. The summed E-state index contributed by atoms with van der Waals surface area (Å²) in [5.41, 5.74) is 0. The Hall–Kier alpha value is -0.690. The molecule has 0 amide bonds. The van der Waals surface area contributed by atoms with E-state index in [9.17, 15) is 9.50 Å². The van der Waals surface area contributed by atoms with Crippen LogP contribution in [0.5, 0.6) is 5.75 Å². The molecule has 1 N–H and O–H groups in total. The van der Waals surface area contributed by atoms with Gasteiger partial charge >= 0.3 is 0 Å². The standard InChI is InChI=1S/C13H17BrFNO3/c14-10-1-2-13(12(15)7-10)19-9-11(17)8-16-3-5-18-6-4-16/h1-2,7,11,17H,3-6,8-9H2. The normalized spacial score (nSPS) is 18.3. The molecule has 1 saturated heterocycles. The molecule has 1 aliphatic rings. The van der Waals surface area contributed by atoms with Gasteiger partial charge in [-0.25, -0.2) is 4.39 Å². The lowest BCUT2D eigenvalue weighted by Crippen LogP contribution is -2.42. The highest BCUT2D eigenvalue weighted by Crippen LogP contribution is 2.21. The molecule has 0 aromatic heterocycles. The third-order valence-electron chi connectivity index (χ3n) is 2.90. The molecule has 1 unspecified atom stereocenters. The number of nitrogens with zero attached hydrogens (tertiary/aromatic N) is 1. The molecule has 1 aromatic rings. The van der Waals surface area contributed by atoms with Crippen LogP contribution in [0.3, 0.4) is 0 Å². The zero-order valence-corrected chi connectivity index (χ0v) is 12.1. The Balaban J connectivity index is 1.77. The van der Waals surface area contributed by atoms with Crippen LogP contribution in [0.25, 0.3) is 0 Å². The van der Waals surface area contributed by atoms with Crippen molar-refractivity contribution in [2.45, 2.75) is 6.10 Å². The summed E-state index contributed by atoms with van der Waals surface area (Å²) >= 11 is 3.18. The number of rotatable bonds is 5. The van der Waals surface area contributed by atoms with Gasteiger partial charge in [0.25, 0.3) is 0 Å². The van der Waals surface area contributed by atoms with Crippen LogP contribution < -0.4 is 4.74 Å². The fourth-order valence-electron chi connectivity index (χ4n) is 1.91. The number of benzene rings is 1. The van der Waals surface area contributed by atoms with Gasteiger partial charge in [-0.2, -0.15) is 0 Å². The Labute approximate surface area is 120 Å². The van der Waals surface area contributed by atoms with Gasteiger partial charge in [-0.15, -0.1) is 0 Å². The molecule has 4 nitrogen and oxygen atoms in total. The Morgan fingerprint density at radius 3 is 2.84 bits per heavy atom. The van der Waals surface area contributed by atoms with E-state index in [0.717, 1.165) is 13.1 Å². The van der Waals surface area contributed by atoms with E-state index in [-0.39, 0.29) is 12.4 Å². The van der Waals surface area contributed by atoms with Crippen molar-refractivity contribution >= 4 is 15.9 Å². The first kappa shape index (κ1) is 14.7. The summed E-state index contributed by atoms with van der Waals surface area (Å²) in [6.07, 6.45) is -0.638. The van der Waals surface area contributed by atoms with Crippen molar-refractivity contribution in [2.24, 2.45) is 0 Å². The van der Waals surface area contributed by atoms with Gasteiger partial charge in [0.15, 0.2) is 11.6 Å². The predicted octanol–water partition coefficient (Wildman–Crippen LogP) is 1.66.